The van der Waals surface area contributed by atoms with E-state index in [1.165, 1.54) is 24.4 Å². The second-order valence-electron chi connectivity index (χ2n) is 3.39. The molecule has 90 valence electrons. The van der Waals surface area contributed by atoms with E-state index in [1.54, 1.807) is 6.07 Å². The van der Waals surface area contributed by atoms with Gasteiger partial charge in [0.1, 0.15) is 16.9 Å². The average molecular weight is 282 g/mol. The van der Waals surface area contributed by atoms with Crippen molar-refractivity contribution in [2.45, 2.75) is 0 Å². The molecule has 0 aliphatic carbocycles. The van der Waals surface area contributed by atoms with Crippen molar-refractivity contribution in [3.05, 3.63) is 51.9 Å². The Morgan fingerprint density at radius 2 is 2.06 bits per heavy atom. The van der Waals surface area contributed by atoms with Crippen LogP contribution in [0.15, 0.2) is 30.5 Å². The zero-order valence-electron chi connectivity index (χ0n) is 8.92. The fraction of sp³-hybridized carbons (Fsp3) is 0. The van der Waals surface area contributed by atoms with Gasteiger partial charge in [-0.2, -0.15) is 5.26 Å². The summed E-state index contributed by atoms with van der Waals surface area (Å²) in [5.74, 6) is -0.258. The molecule has 1 aromatic carbocycles. The summed E-state index contributed by atoms with van der Waals surface area (Å²) in [6.07, 6.45) is 1.44. The van der Waals surface area contributed by atoms with Gasteiger partial charge in [-0.15, -0.1) is 0 Å². The van der Waals surface area contributed by atoms with Crippen LogP contribution in [0.4, 0.5) is 15.9 Å². The number of rotatable bonds is 2. The third-order valence-corrected chi connectivity index (χ3v) is 2.88. The molecule has 0 radical (unpaired) electrons. The summed E-state index contributed by atoms with van der Waals surface area (Å²) < 4.78 is 13.3. The van der Waals surface area contributed by atoms with Crippen LogP contribution in [-0.4, -0.2) is 4.98 Å². The molecule has 18 heavy (non-hydrogen) atoms. The normalized spacial score (nSPS) is 9.89. The van der Waals surface area contributed by atoms with E-state index in [9.17, 15) is 4.39 Å². The van der Waals surface area contributed by atoms with E-state index < -0.39 is 5.82 Å². The van der Waals surface area contributed by atoms with Crippen molar-refractivity contribution >= 4 is 34.7 Å². The molecule has 0 atom stereocenters. The van der Waals surface area contributed by atoms with Crippen molar-refractivity contribution in [3.8, 4) is 6.07 Å². The van der Waals surface area contributed by atoms with Crippen molar-refractivity contribution in [1.29, 1.82) is 5.26 Å². The van der Waals surface area contributed by atoms with Gasteiger partial charge in [-0.3, -0.25) is 0 Å². The quantitative estimate of drug-likeness (QED) is 0.900. The largest absolute Gasteiger partial charge is 0.339 e. The number of aromatic nitrogens is 1. The lowest BCUT2D eigenvalue weighted by molar-refractivity contribution is 0.629. The minimum atomic E-state index is -0.547. The minimum absolute atomic E-state index is 0.0328. The smallest absolute Gasteiger partial charge is 0.150 e. The summed E-state index contributed by atoms with van der Waals surface area (Å²) in [4.78, 5) is 3.98. The molecule has 0 spiro atoms. The molecule has 0 bridgehead atoms. The lowest BCUT2D eigenvalue weighted by Crippen LogP contribution is -1.96. The number of halogens is 3. The monoisotopic (exact) mass is 281 g/mol. The maximum Gasteiger partial charge on any atom is 0.150 e. The van der Waals surface area contributed by atoms with Gasteiger partial charge in [-0.05, 0) is 24.3 Å². The molecule has 1 aromatic heterocycles. The van der Waals surface area contributed by atoms with Crippen LogP contribution in [0.2, 0.25) is 10.0 Å². The highest BCUT2D eigenvalue weighted by Crippen LogP contribution is 2.27. The standard InChI is InChI=1S/C12H6Cl2FN3/c13-9-2-1-8(5-10(9)15)18-12-11(14)7(6-16)3-4-17-12/h1-5H,(H,17,18). The Morgan fingerprint density at radius 3 is 2.72 bits per heavy atom. The molecule has 3 nitrogen and oxygen atoms in total. The lowest BCUT2D eigenvalue weighted by Gasteiger charge is -2.08. The van der Waals surface area contributed by atoms with Crippen LogP contribution in [0, 0.1) is 17.1 Å². The van der Waals surface area contributed by atoms with E-state index in [1.807, 2.05) is 6.07 Å². The van der Waals surface area contributed by atoms with E-state index in [0.717, 1.165) is 0 Å². The first-order chi connectivity index (χ1) is 8.61. The van der Waals surface area contributed by atoms with Gasteiger partial charge in [0.15, 0.2) is 5.82 Å². The molecule has 0 aliphatic rings. The highest BCUT2D eigenvalue weighted by Gasteiger charge is 2.08. The summed E-state index contributed by atoms with van der Waals surface area (Å²) >= 11 is 11.5. The topological polar surface area (TPSA) is 48.7 Å². The fourth-order valence-corrected chi connectivity index (χ4v) is 1.65. The molecule has 2 rings (SSSR count). The van der Waals surface area contributed by atoms with Gasteiger partial charge >= 0.3 is 0 Å². The average Bonchev–Trinajstić information content (AvgIpc) is 2.36. The number of hydrogen-bond acceptors (Lipinski definition) is 3. The first-order valence-corrected chi connectivity index (χ1v) is 5.64. The summed E-state index contributed by atoms with van der Waals surface area (Å²) in [6, 6.07) is 7.66. The van der Waals surface area contributed by atoms with Crippen LogP contribution >= 0.6 is 23.2 Å². The summed E-state index contributed by atoms with van der Waals surface area (Å²) in [5, 5.41) is 11.9. The number of nitrogens with one attached hydrogen (secondary N) is 1. The molecule has 0 aliphatic heterocycles. The van der Waals surface area contributed by atoms with E-state index in [4.69, 9.17) is 28.5 Å². The molecule has 1 N–H and O–H groups in total. The fourth-order valence-electron chi connectivity index (χ4n) is 1.33. The lowest BCUT2D eigenvalue weighted by atomic mass is 10.2. The summed E-state index contributed by atoms with van der Waals surface area (Å²) in [5.41, 5.74) is 0.741. The first kappa shape index (κ1) is 12.6. The van der Waals surface area contributed by atoms with Crippen molar-refractivity contribution in [2.75, 3.05) is 5.32 Å². The Hall–Kier alpha value is -1.83. The Bertz CT molecular complexity index is 638. The number of nitrogens with zero attached hydrogens (tertiary/aromatic N) is 2. The minimum Gasteiger partial charge on any atom is -0.339 e. The van der Waals surface area contributed by atoms with Gasteiger partial charge in [0.05, 0.1) is 10.6 Å². The van der Waals surface area contributed by atoms with Crippen LogP contribution in [0.5, 0.6) is 0 Å². The molecule has 0 unspecified atom stereocenters. The van der Waals surface area contributed by atoms with Crippen LogP contribution in [-0.2, 0) is 0 Å². The second kappa shape index (κ2) is 5.21. The van der Waals surface area contributed by atoms with Crippen molar-refractivity contribution < 1.29 is 4.39 Å². The summed E-state index contributed by atoms with van der Waals surface area (Å²) in [7, 11) is 0. The predicted octanol–water partition coefficient (Wildman–Crippen LogP) is 4.14. The number of anilines is 2. The van der Waals surface area contributed by atoms with E-state index in [-0.39, 0.29) is 15.9 Å². The molecule has 0 fully saturated rings. The first-order valence-electron chi connectivity index (χ1n) is 4.88. The third kappa shape index (κ3) is 2.53. The van der Waals surface area contributed by atoms with E-state index in [2.05, 4.69) is 10.3 Å². The molecule has 0 saturated carbocycles. The Balaban J connectivity index is 2.35. The van der Waals surface area contributed by atoms with Gasteiger partial charge in [0, 0.05) is 11.9 Å². The van der Waals surface area contributed by atoms with Crippen LogP contribution < -0.4 is 5.32 Å². The van der Waals surface area contributed by atoms with Gasteiger partial charge in [0.2, 0.25) is 0 Å². The Morgan fingerprint density at radius 1 is 1.28 bits per heavy atom. The third-order valence-electron chi connectivity index (χ3n) is 2.19. The molecule has 6 heteroatoms. The maximum absolute atomic E-state index is 13.3. The Labute approximate surface area is 113 Å². The van der Waals surface area contributed by atoms with E-state index in [0.29, 0.717) is 11.3 Å². The van der Waals surface area contributed by atoms with Crippen LogP contribution in [0.25, 0.3) is 0 Å². The van der Waals surface area contributed by atoms with Crippen molar-refractivity contribution in [1.82, 2.24) is 4.98 Å². The number of pyridine rings is 1. The highest BCUT2D eigenvalue weighted by molar-refractivity contribution is 6.34. The number of benzene rings is 1. The molecule has 1 heterocycles. The van der Waals surface area contributed by atoms with E-state index >= 15 is 0 Å². The number of nitriles is 1. The van der Waals surface area contributed by atoms with Crippen LogP contribution in [0.1, 0.15) is 5.56 Å². The molecular weight excluding hydrogens is 276 g/mol. The molecular formula is C12H6Cl2FN3. The second-order valence-corrected chi connectivity index (χ2v) is 4.17. The van der Waals surface area contributed by atoms with Gasteiger partial charge in [-0.25, -0.2) is 9.37 Å². The van der Waals surface area contributed by atoms with Crippen LogP contribution in [0.3, 0.4) is 0 Å². The van der Waals surface area contributed by atoms with Gasteiger partial charge in [-0.1, -0.05) is 23.2 Å². The molecule has 2 aromatic rings. The predicted molar refractivity (Wildman–Crippen MR) is 68.7 cm³/mol. The van der Waals surface area contributed by atoms with Gasteiger partial charge in [0.25, 0.3) is 0 Å². The van der Waals surface area contributed by atoms with Crippen molar-refractivity contribution in [2.24, 2.45) is 0 Å². The zero-order chi connectivity index (χ0) is 13.1. The zero-order valence-corrected chi connectivity index (χ0v) is 10.4. The molecule has 0 amide bonds. The van der Waals surface area contributed by atoms with Crippen molar-refractivity contribution in [3.63, 3.8) is 0 Å². The maximum atomic E-state index is 13.3. The SMILES string of the molecule is N#Cc1ccnc(Nc2ccc(Cl)c(F)c2)c1Cl. The highest BCUT2D eigenvalue weighted by atomic mass is 35.5. The summed E-state index contributed by atoms with van der Waals surface area (Å²) in [6.45, 7) is 0. The Kier molecular flexibility index (Phi) is 3.66. The molecule has 0 saturated heterocycles. The number of hydrogen-bond donors (Lipinski definition) is 1. The van der Waals surface area contributed by atoms with Gasteiger partial charge < -0.3 is 5.32 Å².